The number of rotatable bonds is 6. The van der Waals surface area contributed by atoms with Crippen molar-refractivity contribution in [3.63, 3.8) is 0 Å². The van der Waals surface area contributed by atoms with Crippen LogP contribution < -0.4 is 5.73 Å². The van der Waals surface area contributed by atoms with Crippen LogP contribution in [0.5, 0.6) is 0 Å². The van der Waals surface area contributed by atoms with Crippen molar-refractivity contribution in [3.8, 4) is 0 Å². The van der Waals surface area contributed by atoms with E-state index in [0.717, 1.165) is 12.8 Å². The molecular weight excluding hydrogens is 238 g/mol. The van der Waals surface area contributed by atoms with E-state index in [4.69, 9.17) is 5.73 Å². The van der Waals surface area contributed by atoms with Gasteiger partial charge in [0.1, 0.15) is 6.04 Å². The highest BCUT2D eigenvalue weighted by Gasteiger charge is 2.17. The molecule has 1 aromatic carbocycles. The molecule has 0 saturated carbocycles. The number of aryl methyl sites for hydroxylation is 3. The fourth-order valence-electron chi connectivity index (χ4n) is 2.33. The minimum atomic E-state index is -0.501. The van der Waals surface area contributed by atoms with Crippen LogP contribution in [0.1, 0.15) is 36.5 Å². The number of benzene rings is 1. The van der Waals surface area contributed by atoms with Crippen molar-refractivity contribution in [3.05, 3.63) is 34.9 Å². The largest absolute Gasteiger partial charge is 0.468 e. The zero-order chi connectivity index (χ0) is 14.4. The maximum absolute atomic E-state index is 11.3. The Bertz CT molecular complexity index is 429. The van der Waals surface area contributed by atoms with Crippen molar-refractivity contribution in [1.82, 2.24) is 0 Å². The molecule has 0 saturated heterocycles. The molecule has 0 aliphatic heterocycles. The number of carbonyl (C=O) groups is 1. The Morgan fingerprint density at radius 3 is 2.63 bits per heavy atom. The second-order valence-corrected chi connectivity index (χ2v) is 5.44. The van der Waals surface area contributed by atoms with Gasteiger partial charge in [-0.05, 0) is 50.2 Å². The standard InChI is InChI=1S/C16H25NO2/c1-11-5-7-14(13(3)9-11)8-6-12(2)10-15(17)16(18)19-4/h5,7,9,12,15H,6,8,10,17H2,1-4H3. The molecule has 0 bridgehead atoms. The lowest BCUT2D eigenvalue weighted by Crippen LogP contribution is -2.33. The van der Waals surface area contributed by atoms with Gasteiger partial charge in [-0.3, -0.25) is 4.79 Å². The van der Waals surface area contributed by atoms with Crippen LogP contribution >= 0.6 is 0 Å². The number of hydrogen-bond donors (Lipinski definition) is 1. The molecule has 0 amide bonds. The highest BCUT2D eigenvalue weighted by atomic mass is 16.5. The topological polar surface area (TPSA) is 52.3 Å². The number of methoxy groups -OCH3 is 1. The number of esters is 1. The van der Waals surface area contributed by atoms with Gasteiger partial charge in [0.05, 0.1) is 7.11 Å². The molecule has 1 rings (SSSR count). The monoisotopic (exact) mass is 263 g/mol. The molecule has 1 aromatic rings. The summed E-state index contributed by atoms with van der Waals surface area (Å²) in [6, 6.07) is 6.05. The van der Waals surface area contributed by atoms with E-state index in [1.165, 1.54) is 23.8 Å². The van der Waals surface area contributed by atoms with Gasteiger partial charge >= 0.3 is 5.97 Å². The van der Waals surface area contributed by atoms with Gasteiger partial charge in [0, 0.05) is 0 Å². The van der Waals surface area contributed by atoms with Crippen LogP contribution in [0.25, 0.3) is 0 Å². The third-order valence-corrected chi connectivity index (χ3v) is 3.56. The second-order valence-electron chi connectivity index (χ2n) is 5.44. The van der Waals surface area contributed by atoms with E-state index in [1.54, 1.807) is 0 Å². The van der Waals surface area contributed by atoms with Crippen molar-refractivity contribution in [2.45, 2.75) is 46.1 Å². The van der Waals surface area contributed by atoms with E-state index in [2.05, 4.69) is 43.7 Å². The molecule has 0 aromatic heterocycles. The molecule has 0 aliphatic carbocycles. The fourth-order valence-corrected chi connectivity index (χ4v) is 2.33. The molecule has 106 valence electrons. The van der Waals surface area contributed by atoms with E-state index >= 15 is 0 Å². The number of hydrogen-bond acceptors (Lipinski definition) is 3. The predicted molar refractivity (Wildman–Crippen MR) is 78.0 cm³/mol. The lowest BCUT2D eigenvalue weighted by molar-refractivity contribution is -0.142. The molecule has 2 atom stereocenters. The van der Waals surface area contributed by atoms with Gasteiger partial charge in [0.15, 0.2) is 0 Å². The maximum Gasteiger partial charge on any atom is 0.322 e. The highest BCUT2D eigenvalue weighted by Crippen LogP contribution is 2.18. The van der Waals surface area contributed by atoms with Crippen molar-refractivity contribution >= 4 is 5.97 Å². The normalized spacial score (nSPS) is 13.9. The fraction of sp³-hybridized carbons (Fsp3) is 0.562. The molecule has 0 heterocycles. The first-order valence-corrected chi connectivity index (χ1v) is 6.83. The summed E-state index contributed by atoms with van der Waals surface area (Å²) in [6.07, 6.45) is 2.74. The molecule has 2 unspecified atom stereocenters. The first-order chi connectivity index (χ1) is 8.93. The van der Waals surface area contributed by atoms with Gasteiger partial charge in [-0.25, -0.2) is 0 Å². The van der Waals surface area contributed by atoms with Gasteiger partial charge in [-0.1, -0.05) is 30.7 Å². The van der Waals surface area contributed by atoms with Crippen LogP contribution in [0.3, 0.4) is 0 Å². The Kier molecular flexibility index (Phi) is 6.03. The lowest BCUT2D eigenvalue weighted by Gasteiger charge is -2.16. The molecule has 3 nitrogen and oxygen atoms in total. The minimum Gasteiger partial charge on any atom is -0.468 e. The van der Waals surface area contributed by atoms with Crippen molar-refractivity contribution < 1.29 is 9.53 Å². The van der Waals surface area contributed by atoms with Crippen molar-refractivity contribution in [2.75, 3.05) is 7.11 Å². The van der Waals surface area contributed by atoms with E-state index in [9.17, 15) is 4.79 Å². The zero-order valence-corrected chi connectivity index (χ0v) is 12.4. The third-order valence-electron chi connectivity index (χ3n) is 3.56. The SMILES string of the molecule is COC(=O)C(N)CC(C)CCc1ccc(C)cc1C. The highest BCUT2D eigenvalue weighted by molar-refractivity contribution is 5.75. The van der Waals surface area contributed by atoms with Crippen LogP contribution in [-0.4, -0.2) is 19.1 Å². The molecule has 0 radical (unpaired) electrons. The smallest absolute Gasteiger partial charge is 0.322 e. The van der Waals surface area contributed by atoms with E-state index in [1.807, 2.05) is 0 Å². The second kappa shape index (κ2) is 7.29. The summed E-state index contributed by atoms with van der Waals surface area (Å²) in [5, 5.41) is 0. The molecule has 0 fully saturated rings. The summed E-state index contributed by atoms with van der Waals surface area (Å²) < 4.78 is 4.64. The predicted octanol–water partition coefficient (Wildman–Crippen LogP) is 2.76. The average molecular weight is 263 g/mol. The van der Waals surface area contributed by atoms with E-state index < -0.39 is 6.04 Å². The first kappa shape index (κ1) is 15.7. The van der Waals surface area contributed by atoms with Crippen molar-refractivity contribution in [1.29, 1.82) is 0 Å². The molecule has 3 heteroatoms. The molecular formula is C16H25NO2. The van der Waals surface area contributed by atoms with Gasteiger partial charge in [-0.15, -0.1) is 0 Å². The Labute approximate surface area is 116 Å². The Hall–Kier alpha value is -1.35. The van der Waals surface area contributed by atoms with Crippen LogP contribution in [-0.2, 0) is 16.0 Å². The summed E-state index contributed by atoms with van der Waals surface area (Å²) in [4.78, 5) is 11.3. The van der Waals surface area contributed by atoms with Gasteiger partial charge in [0.2, 0.25) is 0 Å². The van der Waals surface area contributed by atoms with Crippen molar-refractivity contribution in [2.24, 2.45) is 11.7 Å². The van der Waals surface area contributed by atoms with Crippen LogP contribution in [0.4, 0.5) is 0 Å². The first-order valence-electron chi connectivity index (χ1n) is 6.83. The Morgan fingerprint density at radius 2 is 2.05 bits per heavy atom. The summed E-state index contributed by atoms with van der Waals surface area (Å²) >= 11 is 0. The summed E-state index contributed by atoms with van der Waals surface area (Å²) in [7, 11) is 1.38. The van der Waals surface area contributed by atoms with Crippen LogP contribution in [0.2, 0.25) is 0 Å². The Morgan fingerprint density at radius 1 is 1.37 bits per heavy atom. The average Bonchev–Trinajstić information content (AvgIpc) is 2.36. The number of carbonyl (C=O) groups excluding carboxylic acids is 1. The maximum atomic E-state index is 11.3. The summed E-state index contributed by atoms with van der Waals surface area (Å²) in [5.41, 5.74) is 9.78. The van der Waals surface area contributed by atoms with E-state index in [0.29, 0.717) is 12.3 Å². The van der Waals surface area contributed by atoms with Gasteiger partial charge in [-0.2, -0.15) is 0 Å². The zero-order valence-electron chi connectivity index (χ0n) is 12.4. The van der Waals surface area contributed by atoms with Gasteiger partial charge < -0.3 is 10.5 Å². The molecule has 19 heavy (non-hydrogen) atoms. The van der Waals surface area contributed by atoms with Crippen LogP contribution in [0, 0.1) is 19.8 Å². The lowest BCUT2D eigenvalue weighted by atomic mass is 9.93. The minimum absolute atomic E-state index is 0.321. The molecule has 2 N–H and O–H groups in total. The van der Waals surface area contributed by atoms with Gasteiger partial charge in [0.25, 0.3) is 0 Å². The number of nitrogens with two attached hydrogens (primary N) is 1. The van der Waals surface area contributed by atoms with E-state index in [-0.39, 0.29) is 5.97 Å². The molecule has 0 spiro atoms. The third kappa shape index (κ3) is 5.03. The number of ether oxygens (including phenoxy) is 1. The van der Waals surface area contributed by atoms with Crippen LogP contribution in [0.15, 0.2) is 18.2 Å². The molecule has 0 aliphatic rings. The quantitative estimate of drug-likeness (QED) is 0.803. The summed E-state index contributed by atoms with van der Waals surface area (Å²) in [6.45, 7) is 6.38. The summed E-state index contributed by atoms with van der Waals surface area (Å²) in [5.74, 6) is 0.0909. The Balaban J connectivity index is 2.45.